The molecular formula is C22H21N3O2. The van der Waals surface area contributed by atoms with E-state index in [9.17, 15) is 9.59 Å². The Morgan fingerprint density at radius 1 is 0.778 bits per heavy atom. The Morgan fingerprint density at radius 2 is 1.37 bits per heavy atom. The first-order valence-corrected chi connectivity index (χ1v) is 8.84. The van der Waals surface area contributed by atoms with Crippen molar-refractivity contribution in [2.45, 2.75) is 19.4 Å². The van der Waals surface area contributed by atoms with Crippen LogP contribution in [0.1, 0.15) is 18.5 Å². The van der Waals surface area contributed by atoms with Crippen molar-refractivity contribution in [1.29, 1.82) is 0 Å². The van der Waals surface area contributed by atoms with Crippen molar-refractivity contribution >= 4 is 23.2 Å². The molecule has 0 spiro atoms. The number of rotatable bonds is 7. The van der Waals surface area contributed by atoms with Crippen LogP contribution >= 0.6 is 0 Å². The minimum atomic E-state index is -0.171. The van der Waals surface area contributed by atoms with Gasteiger partial charge < -0.3 is 5.32 Å². The molecule has 5 heteroatoms. The molecule has 0 fully saturated rings. The molecule has 136 valence electrons. The number of pyridine rings is 1. The maximum absolute atomic E-state index is 12.9. The number of carbonyl (C=O) groups excluding carboxylic acids is 2. The molecule has 0 saturated heterocycles. The first-order valence-electron chi connectivity index (χ1n) is 8.84. The van der Waals surface area contributed by atoms with Gasteiger partial charge in [-0.15, -0.1) is 0 Å². The Labute approximate surface area is 158 Å². The smallest absolute Gasteiger partial charge is 0.232 e. The van der Waals surface area contributed by atoms with Gasteiger partial charge in [-0.25, -0.2) is 0 Å². The van der Waals surface area contributed by atoms with E-state index >= 15 is 0 Å². The SMILES string of the molecule is O=C(CCC(=O)N(c1ccccc1)c1ccccc1)NCc1ccccn1. The van der Waals surface area contributed by atoms with Crippen LogP contribution in [0, 0.1) is 0 Å². The number of benzene rings is 2. The van der Waals surface area contributed by atoms with Crippen LogP contribution in [0.15, 0.2) is 85.1 Å². The van der Waals surface area contributed by atoms with Gasteiger partial charge in [-0.2, -0.15) is 0 Å². The van der Waals surface area contributed by atoms with Crippen LogP contribution in [-0.2, 0) is 16.1 Å². The molecule has 0 radical (unpaired) electrons. The fraction of sp³-hybridized carbons (Fsp3) is 0.136. The molecule has 2 aromatic carbocycles. The number of nitrogens with zero attached hydrogens (tertiary/aromatic N) is 2. The lowest BCUT2D eigenvalue weighted by Crippen LogP contribution is -2.29. The molecule has 0 bridgehead atoms. The highest BCUT2D eigenvalue weighted by molar-refractivity contribution is 6.01. The third kappa shape index (κ3) is 5.25. The summed E-state index contributed by atoms with van der Waals surface area (Å²) >= 11 is 0. The Morgan fingerprint density at radius 3 is 1.93 bits per heavy atom. The predicted octanol–water partition coefficient (Wildman–Crippen LogP) is 3.84. The van der Waals surface area contributed by atoms with Crippen molar-refractivity contribution in [1.82, 2.24) is 10.3 Å². The third-order valence-corrected chi connectivity index (χ3v) is 4.04. The monoisotopic (exact) mass is 359 g/mol. The molecule has 3 rings (SSSR count). The van der Waals surface area contributed by atoms with E-state index in [0.29, 0.717) is 6.54 Å². The summed E-state index contributed by atoms with van der Waals surface area (Å²) in [5.74, 6) is -0.296. The van der Waals surface area contributed by atoms with Gasteiger partial charge >= 0.3 is 0 Å². The number of hydrogen-bond donors (Lipinski definition) is 1. The van der Waals surface area contributed by atoms with Crippen molar-refractivity contribution < 1.29 is 9.59 Å². The van der Waals surface area contributed by atoms with Gasteiger partial charge in [0.1, 0.15) is 0 Å². The van der Waals surface area contributed by atoms with E-state index in [0.717, 1.165) is 17.1 Å². The summed E-state index contributed by atoms with van der Waals surface area (Å²) in [6.45, 7) is 0.356. The van der Waals surface area contributed by atoms with Gasteiger partial charge in [0.25, 0.3) is 0 Å². The molecule has 0 aliphatic carbocycles. The fourth-order valence-corrected chi connectivity index (χ4v) is 2.70. The maximum atomic E-state index is 12.9. The summed E-state index contributed by atoms with van der Waals surface area (Å²) in [5.41, 5.74) is 2.34. The normalized spacial score (nSPS) is 10.2. The van der Waals surface area contributed by atoms with Gasteiger partial charge in [0.2, 0.25) is 11.8 Å². The second-order valence-corrected chi connectivity index (χ2v) is 6.00. The average molecular weight is 359 g/mol. The first kappa shape index (κ1) is 18.3. The van der Waals surface area contributed by atoms with Crippen LogP contribution in [0.2, 0.25) is 0 Å². The van der Waals surface area contributed by atoms with E-state index in [2.05, 4.69) is 10.3 Å². The van der Waals surface area contributed by atoms with Crippen molar-refractivity contribution in [3.63, 3.8) is 0 Å². The van der Waals surface area contributed by atoms with Gasteiger partial charge in [-0.1, -0.05) is 42.5 Å². The zero-order valence-electron chi connectivity index (χ0n) is 14.9. The molecule has 0 aliphatic heterocycles. The lowest BCUT2D eigenvalue weighted by atomic mass is 10.2. The van der Waals surface area contributed by atoms with Gasteiger partial charge in [-0.05, 0) is 36.4 Å². The maximum Gasteiger partial charge on any atom is 0.232 e. The predicted molar refractivity (Wildman–Crippen MR) is 105 cm³/mol. The molecule has 1 N–H and O–H groups in total. The summed E-state index contributed by atoms with van der Waals surface area (Å²) in [6, 6.07) is 24.4. The Balaban J connectivity index is 1.62. The van der Waals surface area contributed by atoms with E-state index in [1.54, 1.807) is 11.1 Å². The molecule has 0 aliphatic rings. The zero-order valence-corrected chi connectivity index (χ0v) is 14.9. The summed E-state index contributed by atoms with van der Waals surface area (Å²) in [7, 11) is 0. The lowest BCUT2D eigenvalue weighted by Gasteiger charge is -2.23. The van der Waals surface area contributed by atoms with Crippen molar-refractivity contribution in [2.24, 2.45) is 0 Å². The van der Waals surface area contributed by atoms with E-state index in [4.69, 9.17) is 0 Å². The van der Waals surface area contributed by atoms with Crippen molar-refractivity contribution in [3.8, 4) is 0 Å². The van der Waals surface area contributed by atoms with Crippen LogP contribution in [-0.4, -0.2) is 16.8 Å². The van der Waals surface area contributed by atoms with Gasteiger partial charge in [-0.3, -0.25) is 19.5 Å². The van der Waals surface area contributed by atoms with Crippen LogP contribution in [0.4, 0.5) is 11.4 Å². The van der Waals surface area contributed by atoms with Crippen molar-refractivity contribution in [2.75, 3.05) is 4.90 Å². The topological polar surface area (TPSA) is 62.3 Å². The molecule has 0 saturated carbocycles. The first-order chi connectivity index (χ1) is 13.2. The quantitative estimate of drug-likeness (QED) is 0.697. The number of para-hydroxylation sites is 2. The molecule has 0 atom stereocenters. The molecule has 0 unspecified atom stereocenters. The van der Waals surface area contributed by atoms with Crippen LogP contribution in [0.25, 0.3) is 0 Å². The summed E-state index contributed by atoms with van der Waals surface area (Å²) in [6.07, 6.45) is 1.93. The highest BCUT2D eigenvalue weighted by Crippen LogP contribution is 2.26. The van der Waals surface area contributed by atoms with Crippen LogP contribution in [0.5, 0.6) is 0 Å². The molecule has 1 heterocycles. The number of hydrogen-bond acceptors (Lipinski definition) is 3. The molecular weight excluding hydrogens is 338 g/mol. The Hall–Kier alpha value is -3.47. The summed E-state index contributed by atoms with van der Waals surface area (Å²) in [4.78, 5) is 30.8. The van der Waals surface area contributed by atoms with E-state index < -0.39 is 0 Å². The zero-order chi connectivity index (χ0) is 18.9. The van der Waals surface area contributed by atoms with E-state index in [1.165, 1.54) is 0 Å². The van der Waals surface area contributed by atoms with Gasteiger partial charge in [0.05, 0.1) is 12.2 Å². The highest BCUT2D eigenvalue weighted by Gasteiger charge is 2.18. The largest absolute Gasteiger partial charge is 0.350 e. The van der Waals surface area contributed by atoms with E-state index in [1.807, 2.05) is 78.9 Å². The molecule has 5 nitrogen and oxygen atoms in total. The number of nitrogens with one attached hydrogen (secondary N) is 1. The highest BCUT2D eigenvalue weighted by atomic mass is 16.2. The molecule has 1 aromatic heterocycles. The Kier molecular flexibility index (Phi) is 6.30. The fourth-order valence-electron chi connectivity index (χ4n) is 2.70. The second kappa shape index (κ2) is 9.29. The van der Waals surface area contributed by atoms with Gasteiger partial charge in [0, 0.05) is 30.4 Å². The lowest BCUT2D eigenvalue weighted by molar-refractivity contribution is -0.125. The van der Waals surface area contributed by atoms with E-state index in [-0.39, 0.29) is 24.7 Å². The molecule has 2 amide bonds. The standard InChI is InChI=1S/C22H21N3O2/c26-21(24-17-18-9-7-8-16-23-18)14-15-22(27)25(19-10-3-1-4-11-19)20-12-5-2-6-13-20/h1-13,16H,14-15,17H2,(H,24,26). The summed E-state index contributed by atoms with van der Waals surface area (Å²) in [5, 5.41) is 2.80. The van der Waals surface area contributed by atoms with Crippen LogP contribution in [0.3, 0.4) is 0 Å². The minimum absolute atomic E-state index is 0.123. The number of anilines is 2. The Bertz CT molecular complexity index is 828. The number of carbonyl (C=O) groups is 2. The summed E-state index contributed by atoms with van der Waals surface area (Å²) < 4.78 is 0. The van der Waals surface area contributed by atoms with Gasteiger partial charge in [0.15, 0.2) is 0 Å². The second-order valence-electron chi connectivity index (χ2n) is 6.00. The minimum Gasteiger partial charge on any atom is -0.350 e. The molecule has 3 aromatic rings. The number of aromatic nitrogens is 1. The average Bonchev–Trinajstić information content (AvgIpc) is 2.73. The third-order valence-electron chi connectivity index (χ3n) is 4.04. The molecule has 27 heavy (non-hydrogen) atoms. The van der Waals surface area contributed by atoms with Crippen LogP contribution < -0.4 is 10.2 Å². The van der Waals surface area contributed by atoms with Crippen molar-refractivity contribution in [3.05, 3.63) is 90.8 Å². The number of amides is 2.